The van der Waals surface area contributed by atoms with Gasteiger partial charge in [-0.05, 0) is 30.4 Å². The molecule has 1 atom stereocenters. The molecule has 1 aromatic rings. The Kier molecular flexibility index (Phi) is 4.70. The quantitative estimate of drug-likeness (QED) is 0.887. The van der Waals surface area contributed by atoms with E-state index < -0.39 is 0 Å². The van der Waals surface area contributed by atoms with Crippen molar-refractivity contribution in [2.45, 2.75) is 32.2 Å². The van der Waals surface area contributed by atoms with Crippen molar-refractivity contribution < 1.29 is 9.53 Å². The molecule has 4 heteroatoms. The lowest BCUT2D eigenvalue weighted by Crippen LogP contribution is -2.35. The highest BCUT2D eigenvalue weighted by molar-refractivity contribution is 5.76. The summed E-state index contributed by atoms with van der Waals surface area (Å²) in [5.74, 6) is 0.536. The largest absolute Gasteiger partial charge is 0.381 e. The molecule has 1 N–H and O–H groups in total. The fraction of sp³-hybridized carbons (Fsp3) is 0.571. The lowest BCUT2D eigenvalue weighted by Gasteiger charge is -2.31. The average Bonchev–Trinajstić information content (AvgIpc) is 2.46. The van der Waals surface area contributed by atoms with Crippen molar-refractivity contribution in [2.24, 2.45) is 5.92 Å². The third kappa shape index (κ3) is 3.29. The summed E-state index contributed by atoms with van der Waals surface area (Å²) in [5.41, 5.74) is 1.09. The molecule has 1 aliphatic heterocycles. The molecule has 4 nitrogen and oxygen atoms in total. The first-order valence-electron chi connectivity index (χ1n) is 6.58. The summed E-state index contributed by atoms with van der Waals surface area (Å²) in [6.07, 6.45) is 6.09. The second-order valence-corrected chi connectivity index (χ2v) is 4.63. The van der Waals surface area contributed by atoms with Gasteiger partial charge in [-0.1, -0.05) is 13.0 Å². The Hall–Kier alpha value is -1.42. The first-order valence-corrected chi connectivity index (χ1v) is 6.58. The monoisotopic (exact) mass is 248 g/mol. The minimum absolute atomic E-state index is 0.0649. The number of pyridine rings is 1. The van der Waals surface area contributed by atoms with E-state index in [0.717, 1.165) is 31.6 Å². The van der Waals surface area contributed by atoms with Crippen molar-refractivity contribution in [3.63, 3.8) is 0 Å². The molecule has 0 aliphatic carbocycles. The Morgan fingerprint density at radius 2 is 2.33 bits per heavy atom. The predicted molar refractivity (Wildman–Crippen MR) is 69.0 cm³/mol. The van der Waals surface area contributed by atoms with Crippen LogP contribution in [0.15, 0.2) is 24.5 Å². The van der Waals surface area contributed by atoms with Gasteiger partial charge in [-0.25, -0.2) is 0 Å². The van der Waals surface area contributed by atoms with Crippen LogP contribution in [-0.4, -0.2) is 24.1 Å². The van der Waals surface area contributed by atoms with Crippen LogP contribution >= 0.6 is 0 Å². The molecule has 0 radical (unpaired) electrons. The maximum absolute atomic E-state index is 11.7. The third-order valence-electron chi connectivity index (χ3n) is 3.42. The Labute approximate surface area is 108 Å². The van der Waals surface area contributed by atoms with Gasteiger partial charge in [0.25, 0.3) is 0 Å². The zero-order valence-electron chi connectivity index (χ0n) is 10.8. The van der Waals surface area contributed by atoms with E-state index in [9.17, 15) is 4.79 Å². The van der Waals surface area contributed by atoms with Crippen LogP contribution in [0.4, 0.5) is 0 Å². The van der Waals surface area contributed by atoms with E-state index in [1.165, 1.54) is 0 Å². The summed E-state index contributed by atoms with van der Waals surface area (Å²) in [6.45, 7) is 3.44. The van der Waals surface area contributed by atoms with E-state index in [1.54, 1.807) is 6.20 Å². The van der Waals surface area contributed by atoms with Crippen LogP contribution in [0, 0.1) is 5.92 Å². The van der Waals surface area contributed by atoms with E-state index in [2.05, 4.69) is 10.3 Å². The molecule has 1 saturated heterocycles. The maximum Gasteiger partial charge on any atom is 0.220 e. The van der Waals surface area contributed by atoms with Gasteiger partial charge in [0.15, 0.2) is 0 Å². The van der Waals surface area contributed by atoms with E-state index in [4.69, 9.17) is 4.74 Å². The van der Waals surface area contributed by atoms with Crippen LogP contribution in [-0.2, 0) is 9.53 Å². The molecule has 2 heterocycles. The van der Waals surface area contributed by atoms with E-state index in [1.807, 2.05) is 25.3 Å². The molecule has 0 saturated carbocycles. The van der Waals surface area contributed by atoms with Gasteiger partial charge < -0.3 is 10.1 Å². The highest BCUT2D eigenvalue weighted by Gasteiger charge is 2.26. The molecule has 98 valence electrons. The molecule has 1 unspecified atom stereocenters. The number of hydrogen-bond donors (Lipinski definition) is 1. The molecule has 1 amide bonds. The van der Waals surface area contributed by atoms with Crippen molar-refractivity contribution in [2.75, 3.05) is 13.2 Å². The Balaban J connectivity index is 2.14. The Bertz CT molecular complexity index is 375. The molecule has 0 spiro atoms. The fourth-order valence-electron chi connectivity index (χ4n) is 2.36. The molecular weight excluding hydrogens is 228 g/mol. The highest BCUT2D eigenvalue weighted by Crippen LogP contribution is 2.29. The SMILES string of the molecule is CCC(=O)NC(c1cccnc1)C1CCOCC1. The first-order chi connectivity index (χ1) is 8.81. The maximum atomic E-state index is 11.7. The summed E-state index contributed by atoms with van der Waals surface area (Å²) in [6, 6.07) is 4.01. The normalized spacial score (nSPS) is 18.3. The van der Waals surface area contributed by atoms with Crippen molar-refractivity contribution in [1.29, 1.82) is 0 Å². The van der Waals surface area contributed by atoms with Crippen molar-refractivity contribution in [3.05, 3.63) is 30.1 Å². The summed E-state index contributed by atoms with van der Waals surface area (Å²) >= 11 is 0. The van der Waals surface area contributed by atoms with Crippen LogP contribution in [0.25, 0.3) is 0 Å². The van der Waals surface area contributed by atoms with E-state index in [0.29, 0.717) is 12.3 Å². The number of nitrogens with zero attached hydrogens (tertiary/aromatic N) is 1. The molecule has 0 aromatic carbocycles. The molecule has 1 aliphatic rings. The van der Waals surface area contributed by atoms with Crippen LogP contribution in [0.3, 0.4) is 0 Å². The van der Waals surface area contributed by atoms with Crippen LogP contribution in [0.2, 0.25) is 0 Å². The van der Waals surface area contributed by atoms with Gasteiger partial charge in [-0.3, -0.25) is 9.78 Å². The lowest BCUT2D eigenvalue weighted by atomic mass is 9.87. The van der Waals surface area contributed by atoms with Crippen LogP contribution < -0.4 is 5.32 Å². The summed E-state index contributed by atoms with van der Waals surface area (Å²) in [7, 11) is 0. The Morgan fingerprint density at radius 1 is 1.56 bits per heavy atom. The summed E-state index contributed by atoms with van der Waals surface area (Å²) < 4.78 is 5.39. The molecule has 0 bridgehead atoms. The van der Waals surface area contributed by atoms with Gasteiger partial charge in [-0.15, -0.1) is 0 Å². The number of ether oxygens (including phenoxy) is 1. The second kappa shape index (κ2) is 6.50. The van der Waals surface area contributed by atoms with Crippen molar-refractivity contribution in [3.8, 4) is 0 Å². The van der Waals surface area contributed by atoms with E-state index in [-0.39, 0.29) is 11.9 Å². The standard InChI is InChI=1S/C14H20N2O2/c1-2-13(17)16-14(11-5-8-18-9-6-11)12-4-3-7-15-10-12/h3-4,7,10-11,14H,2,5-6,8-9H2,1H3,(H,16,17). The van der Waals surface area contributed by atoms with Crippen LogP contribution in [0.1, 0.15) is 37.8 Å². The Morgan fingerprint density at radius 3 is 2.94 bits per heavy atom. The second-order valence-electron chi connectivity index (χ2n) is 4.63. The number of rotatable bonds is 4. The predicted octanol–water partition coefficient (Wildman–Crippen LogP) is 2.08. The molecule has 18 heavy (non-hydrogen) atoms. The molecular formula is C14H20N2O2. The highest BCUT2D eigenvalue weighted by atomic mass is 16.5. The number of nitrogens with one attached hydrogen (secondary N) is 1. The van der Waals surface area contributed by atoms with Gasteiger partial charge in [0.2, 0.25) is 5.91 Å². The molecule has 2 rings (SSSR count). The van der Waals surface area contributed by atoms with Crippen molar-refractivity contribution >= 4 is 5.91 Å². The number of hydrogen-bond acceptors (Lipinski definition) is 3. The van der Waals surface area contributed by atoms with Crippen molar-refractivity contribution in [1.82, 2.24) is 10.3 Å². The fourth-order valence-corrected chi connectivity index (χ4v) is 2.36. The van der Waals surface area contributed by atoms with Gasteiger partial charge in [-0.2, -0.15) is 0 Å². The minimum atomic E-state index is 0.0649. The van der Waals surface area contributed by atoms with Gasteiger partial charge in [0.1, 0.15) is 0 Å². The van der Waals surface area contributed by atoms with E-state index >= 15 is 0 Å². The molecule has 1 aromatic heterocycles. The number of carbonyl (C=O) groups excluding carboxylic acids is 1. The van der Waals surface area contributed by atoms with Gasteiger partial charge in [0.05, 0.1) is 6.04 Å². The number of aromatic nitrogens is 1. The summed E-state index contributed by atoms with van der Waals surface area (Å²) in [5, 5.41) is 3.12. The smallest absolute Gasteiger partial charge is 0.220 e. The lowest BCUT2D eigenvalue weighted by molar-refractivity contribution is -0.122. The van der Waals surface area contributed by atoms with Gasteiger partial charge in [0, 0.05) is 32.0 Å². The third-order valence-corrected chi connectivity index (χ3v) is 3.42. The first kappa shape index (κ1) is 13.0. The van der Waals surface area contributed by atoms with Crippen LogP contribution in [0.5, 0.6) is 0 Å². The molecule has 1 fully saturated rings. The number of amides is 1. The average molecular weight is 248 g/mol. The van der Waals surface area contributed by atoms with Gasteiger partial charge >= 0.3 is 0 Å². The summed E-state index contributed by atoms with van der Waals surface area (Å²) in [4.78, 5) is 15.8. The topological polar surface area (TPSA) is 51.2 Å². The zero-order valence-corrected chi connectivity index (χ0v) is 10.8. The zero-order chi connectivity index (χ0) is 12.8. The number of carbonyl (C=O) groups is 1. The minimum Gasteiger partial charge on any atom is -0.381 e.